The molecule has 1 aliphatic heterocycles. The highest BCUT2D eigenvalue weighted by Gasteiger charge is 2.38. The molecular formula is C34H26BrNO2. The van der Waals surface area contributed by atoms with Gasteiger partial charge in [-0.25, -0.2) is 4.90 Å². The number of carbonyl (C=O) groups excluding carboxylic acids is 2. The third kappa shape index (κ3) is 2.95. The molecule has 0 aliphatic carbocycles. The predicted molar refractivity (Wildman–Crippen MR) is 161 cm³/mol. The van der Waals surface area contributed by atoms with Crippen molar-refractivity contribution in [3.8, 4) is 0 Å². The Morgan fingerprint density at radius 3 is 1.84 bits per heavy atom. The van der Waals surface area contributed by atoms with E-state index in [4.69, 9.17) is 0 Å². The Balaban J connectivity index is 1.61. The lowest BCUT2D eigenvalue weighted by Gasteiger charge is -2.33. The van der Waals surface area contributed by atoms with E-state index in [2.05, 4.69) is 86.1 Å². The van der Waals surface area contributed by atoms with E-state index in [1.807, 2.05) is 30.3 Å². The average Bonchev–Trinajstić information content (AvgIpc) is 2.90. The fourth-order valence-corrected chi connectivity index (χ4v) is 7.09. The minimum atomic E-state index is -0.265. The van der Waals surface area contributed by atoms with E-state index in [9.17, 15) is 9.59 Å². The molecule has 4 heteroatoms. The Hall–Kier alpha value is -3.76. The van der Waals surface area contributed by atoms with Crippen LogP contribution in [0.3, 0.4) is 0 Å². The summed E-state index contributed by atoms with van der Waals surface area (Å²) in [6.45, 7) is 8.43. The molecule has 38 heavy (non-hydrogen) atoms. The van der Waals surface area contributed by atoms with E-state index in [1.54, 1.807) is 0 Å². The van der Waals surface area contributed by atoms with Gasteiger partial charge in [-0.3, -0.25) is 9.59 Å². The molecule has 3 nitrogen and oxygen atoms in total. The molecule has 186 valence electrons. The summed E-state index contributed by atoms with van der Waals surface area (Å²) in [6.07, 6.45) is 0. The third-order valence-electron chi connectivity index (χ3n) is 8.13. The zero-order valence-corrected chi connectivity index (χ0v) is 23.3. The lowest BCUT2D eigenvalue weighted by atomic mass is 9.84. The van der Waals surface area contributed by atoms with Crippen LogP contribution in [0.2, 0.25) is 0 Å². The molecule has 2 amide bonds. The van der Waals surface area contributed by atoms with Crippen LogP contribution in [0.1, 0.15) is 71.4 Å². The lowest BCUT2D eigenvalue weighted by Crippen LogP contribution is -2.41. The summed E-state index contributed by atoms with van der Waals surface area (Å²) in [5.74, 6) is -0.206. The van der Waals surface area contributed by atoms with Gasteiger partial charge in [0, 0.05) is 26.2 Å². The van der Waals surface area contributed by atoms with Crippen LogP contribution in [-0.2, 0) is 0 Å². The fourth-order valence-electron chi connectivity index (χ4n) is 6.45. The van der Waals surface area contributed by atoms with E-state index < -0.39 is 0 Å². The van der Waals surface area contributed by atoms with Crippen molar-refractivity contribution in [3.05, 3.63) is 99.5 Å². The summed E-state index contributed by atoms with van der Waals surface area (Å²) < 4.78 is 0.865. The topological polar surface area (TPSA) is 37.4 Å². The molecule has 0 atom stereocenters. The number of carbonyl (C=O) groups is 2. The van der Waals surface area contributed by atoms with Gasteiger partial charge in [0.2, 0.25) is 0 Å². The maximum absolute atomic E-state index is 14.4. The lowest BCUT2D eigenvalue weighted by molar-refractivity contribution is 0.0893. The fraction of sp³-hybridized carbons (Fsp3) is 0.176. The van der Waals surface area contributed by atoms with Gasteiger partial charge in [0.1, 0.15) is 0 Å². The summed E-state index contributed by atoms with van der Waals surface area (Å²) in [4.78, 5) is 30.1. The highest BCUT2D eigenvalue weighted by atomic mass is 79.9. The van der Waals surface area contributed by atoms with Gasteiger partial charge in [-0.05, 0) is 62.0 Å². The van der Waals surface area contributed by atoms with Crippen LogP contribution in [-0.4, -0.2) is 11.8 Å². The second kappa shape index (κ2) is 8.12. The molecule has 0 unspecified atom stereocenters. The predicted octanol–water partition coefficient (Wildman–Crippen LogP) is 9.55. The summed E-state index contributed by atoms with van der Waals surface area (Å²) in [5.41, 5.74) is 3.88. The Kier molecular flexibility index (Phi) is 4.99. The Bertz CT molecular complexity index is 1950. The number of hydrogen-bond donors (Lipinski definition) is 0. The van der Waals surface area contributed by atoms with Crippen molar-refractivity contribution >= 4 is 76.5 Å². The van der Waals surface area contributed by atoms with Crippen molar-refractivity contribution in [2.75, 3.05) is 4.90 Å². The number of fused-ring (bicyclic) bond motifs is 2. The van der Waals surface area contributed by atoms with Crippen molar-refractivity contribution in [1.82, 2.24) is 0 Å². The molecule has 0 aromatic heterocycles. The number of anilines is 1. The molecule has 7 rings (SSSR count). The number of amides is 2. The van der Waals surface area contributed by atoms with Crippen molar-refractivity contribution in [1.29, 1.82) is 0 Å². The second-order valence-electron chi connectivity index (χ2n) is 10.9. The summed E-state index contributed by atoms with van der Waals surface area (Å²) >= 11 is 3.84. The molecular weight excluding hydrogens is 534 g/mol. The van der Waals surface area contributed by atoms with Crippen LogP contribution in [0.15, 0.2) is 77.3 Å². The Morgan fingerprint density at radius 1 is 0.605 bits per heavy atom. The standard InChI is InChI=1S/C34H26BrNO2/c1-17(2)20-10-7-11-21(18(3)4)32(20)36-33(37)25-15-14-23-22-12-5-8-19-9-6-13-24(28(19)22)30-27(35)16-26(34(36)38)29(25)31(23)30/h5-18H,1-4H3. The SMILES string of the molecule is CC(C)c1cccc(C(C)C)c1N1C(=O)c2ccc3c4cccc5cccc(c6c(Br)cc(c2c36)C1=O)c54. The smallest absolute Gasteiger partial charge is 0.266 e. The van der Waals surface area contributed by atoms with Crippen LogP contribution in [0.5, 0.6) is 0 Å². The summed E-state index contributed by atoms with van der Waals surface area (Å²) in [6, 6.07) is 24.7. The molecule has 6 aromatic rings. The van der Waals surface area contributed by atoms with E-state index in [0.29, 0.717) is 11.1 Å². The monoisotopic (exact) mass is 559 g/mol. The molecule has 0 saturated heterocycles. The van der Waals surface area contributed by atoms with Gasteiger partial charge in [-0.2, -0.15) is 0 Å². The molecule has 0 spiro atoms. The number of hydrogen-bond acceptors (Lipinski definition) is 2. The number of benzene rings is 6. The second-order valence-corrected chi connectivity index (χ2v) is 11.8. The van der Waals surface area contributed by atoms with Crippen LogP contribution in [0.4, 0.5) is 5.69 Å². The number of para-hydroxylation sites is 1. The van der Waals surface area contributed by atoms with Gasteiger partial charge >= 0.3 is 0 Å². The maximum atomic E-state index is 14.4. The highest BCUT2D eigenvalue weighted by molar-refractivity contribution is 9.10. The highest BCUT2D eigenvalue weighted by Crippen LogP contribution is 2.48. The van der Waals surface area contributed by atoms with Crippen LogP contribution in [0.25, 0.3) is 43.1 Å². The average molecular weight is 560 g/mol. The zero-order chi connectivity index (χ0) is 26.5. The van der Waals surface area contributed by atoms with E-state index in [0.717, 1.165) is 53.6 Å². The van der Waals surface area contributed by atoms with Gasteiger partial charge in [0.15, 0.2) is 0 Å². The van der Waals surface area contributed by atoms with E-state index in [1.165, 1.54) is 15.7 Å². The zero-order valence-electron chi connectivity index (χ0n) is 21.7. The number of rotatable bonds is 3. The largest absolute Gasteiger partial charge is 0.268 e. The first-order valence-electron chi connectivity index (χ1n) is 13.1. The minimum Gasteiger partial charge on any atom is -0.268 e. The van der Waals surface area contributed by atoms with Crippen molar-refractivity contribution < 1.29 is 9.59 Å². The summed E-state index contributed by atoms with van der Waals surface area (Å²) in [5, 5.41) is 8.47. The van der Waals surface area contributed by atoms with Crippen molar-refractivity contribution in [2.24, 2.45) is 0 Å². The third-order valence-corrected chi connectivity index (χ3v) is 8.76. The van der Waals surface area contributed by atoms with Gasteiger partial charge in [-0.1, -0.05) is 104 Å². The molecule has 0 saturated carbocycles. The van der Waals surface area contributed by atoms with Crippen molar-refractivity contribution in [3.63, 3.8) is 0 Å². The first-order valence-corrected chi connectivity index (χ1v) is 13.9. The number of halogens is 1. The van der Waals surface area contributed by atoms with Crippen molar-refractivity contribution in [2.45, 2.75) is 39.5 Å². The summed E-state index contributed by atoms with van der Waals surface area (Å²) in [7, 11) is 0. The van der Waals surface area contributed by atoms with E-state index >= 15 is 0 Å². The van der Waals surface area contributed by atoms with Gasteiger partial charge in [0.25, 0.3) is 11.8 Å². The van der Waals surface area contributed by atoms with Gasteiger partial charge in [0.05, 0.1) is 11.3 Å². The maximum Gasteiger partial charge on any atom is 0.266 e. The molecule has 1 aliphatic rings. The Morgan fingerprint density at radius 2 is 1.18 bits per heavy atom. The number of nitrogens with zero attached hydrogens (tertiary/aromatic N) is 1. The van der Waals surface area contributed by atoms with Crippen LogP contribution >= 0.6 is 15.9 Å². The van der Waals surface area contributed by atoms with Crippen LogP contribution in [0, 0.1) is 0 Å². The first-order chi connectivity index (χ1) is 18.3. The molecule has 0 bridgehead atoms. The molecule has 0 fully saturated rings. The van der Waals surface area contributed by atoms with Crippen LogP contribution < -0.4 is 4.90 Å². The molecule has 0 N–H and O–H groups in total. The normalized spacial score (nSPS) is 13.9. The molecule has 1 heterocycles. The first kappa shape index (κ1) is 23.4. The number of imide groups is 1. The quantitative estimate of drug-likeness (QED) is 0.123. The Labute approximate surface area is 229 Å². The molecule has 0 radical (unpaired) electrons. The van der Waals surface area contributed by atoms with E-state index in [-0.39, 0.29) is 23.7 Å². The van der Waals surface area contributed by atoms with Gasteiger partial charge in [-0.15, -0.1) is 0 Å². The van der Waals surface area contributed by atoms with Gasteiger partial charge < -0.3 is 0 Å². The molecule has 6 aromatic carbocycles. The minimum absolute atomic E-state index is 0.157.